The first kappa shape index (κ1) is 15.0. The van der Waals surface area contributed by atoms with Crippen LogP contribution < -0.4 is 5.32 Å². The molecule has 1 aromatic rings. The molecule has 7 nitrogen and oxygen atoms in total. The van der Waals surface area contributed by atoms with Gasteiger partial charge in [-0.05, 0) is 19.8 Å². The average molecular weight is 305 g/mol. The molecule has 1 saturated heterocycles. The summed E-state index contributed by atoms with van der Waals surface area (Å²) >= 11 is 0. The van der Waals surface area contributed by atoms with Crippen LogP contribution in [0.1, 0.15) is 50.3 Å². The van der Waals surface area contributed by atoms with Crippen LogP contribution in [0.25, 0.3) is 0 Å². The lowest BCUT2D eigenvalue weighted by molar-refractivity contribution is -0.128. The number of carbonyl (C=O) groups is 2. The maximum atomic E-state index is 12.3. The molecule has 2 aliphatic rings. The van der Waals surface area contributed by atoms with E-state index in [9.17, 15) is 9.59 Å². The van der Waals surface area contributed by atoms with E-state index in [1.807, 2.05) is 6.92 Å². The van der Waals surface area contributed by atoms with Crippen LogP contribution in [-0.4, -0.2) is 45.1 Å². The third-order valence-electron chi connectivity index (χ3n) is 4.60. The van der Waals surface area contributed by atoms with Gasteiger partial charge in [0.05, 0.1) is 12.0 Å². The predicted molar refractivity (Wildman–Crippen MR) is 79.9 cm³/mol. The van der Waals surface area contributed by atoms with Gasteiger partial charge in [0.1, 0.15) is 5.82 Å². The normalized spacial score (nSPS) is 23.1. The highest BCUT2D eigenvalue weighted by molar-refractivity contribution is 5.89. The van der Waals surface area contributed by atoms with E-state index in [1.54, 1.807) is 11.9 Å². The Morgan fingerprint density at radius 2 is 2.14 bits per heavy atom. The lowest BCUT2D eigenvalue weighted by atomic mass is 10.1. The SMILES string of the molecule is C[C@@H](NC(=O)[C@@H]1CC(=O)N(C)C1)c1nnc2n1CCCCC2. The number of rotatable bonds is 3. The number of nitrogens with zero attached hydrogens (tertiary/aromatic N) is 4. The largest absolute Gasteiger partial charge is 0.346 e. The smallest absolute Gasteiger partial charge is 0.226 e. The standard InChI is InChI=1S/C15H23N5O2/c1-10(16-15(22)11-8-13(21)19(2)9-11)14-18-17-12-6-4-3-5-7-20(12)14/h10-11H,3-9H2,1-2H3,(H,16,22)/t10-,11-/m1/s1. The summed E-state index contributed by atoms with van der Waals surface area (Å²) in [7, 11) is 1.73. The van der Waals surface area contributed by atoms with Gasteiger partial charge in [0.15, 0.2) is 5.82 Å². The zero-order valence-corrected chi connectivity index (χ0v) is 13.2. The quantitative estimate of drug-likeness (QED) is 0.889. The van der Waals surface area contributed by atoms with Crippen molar-refractivity contribution in [2.45, 2.75) is 51.6 Å². The number of fused-ring (bicyclic) bond motifs is 1. The lowest BCUT2D eigenvalue weighted by Crippen LogP contribution is -2.35. The molecule has 0 saturated carbocycles. The molecule has 3 rings (SSSR count). The first-order chi connectivity index (χ1) is 10.6. The number of amides is 2. The van der Waals surface area contributed by atoms with E-state index in [0.29, 0.717) is 13.0 Å². The van der Waals surface area contributed by atoms with Crippen molar-refractivity contribution in [3.8, 4) is 0 Å². The summed E-state index contributed by atoms with van der Waals surface area (Å²) in [6, 6.07) is -0.187. The molecule has 0 unspecified atom stereocenters. The van der Waals surface area contributed by atoms with Crippen molar-refractivity contribution < 1.29 is 9.59 Å². The molecule has 3 heterocycles. The number of aromatic nitrogens is 3. The maximum Gasteiger partial charge on any atom is 0.226 e. The van der Waals surface area contributed by atoms with Crippen LogP contribution in [0.3, 0.4) is 0 Å². The predicted octanol–water partition coefficient (Wildman–Crippen LogP) is 0.660. The summed E-state index contributed by atoms with van der Waals surface area (Å²) in [5, 5.41) is 11.5. The molecular formula is C15H23N5O2. The number of likely N-dealkylation sites (tertiary alicyclic amines) is 1. The van der Waals surface area contributed by atoms with Crippen LogP contribution in [0.15, 0.2) is 0 Å². The Morgan fingerprint density at radius 1 is 1.32 bits per heavy atom. The van der Waals surface area contributed by atoms with Crippen molar-refractivity contribution in [3.63, 3.8) is 0 Å². The fourth-order valence-electron chi connectivity index (χ4n) is 3.26. The van der Waals surface area contributed by atoms with Gasteiger partial charge in [-0.1, -0.05) is 6.42 Å². The summed E-state index contributed by atoms with van der Waals surface area (Å²) < 4.78 is 2.14. The van der Waals surface area contributed by atoms with Crippen LogP contribution >= 0.6 is 0 Å². The van der Waals surface area contributed by atoms with E-state index in [0.717, 1.165) is 37.5 Å². The monoisotopic (exact) mass is 305 g/mol. The number of nitrogens with one attached hydrogen (secondary N) is 1. The third kappa shape index (κ3) is 2.84. The molecule has 0 aliphatic carbocycles. The van der Waals surface area contributed by atoms with Crippen molar-refractivity contribution in [1.82, 2.24) is 25.0 Å². The van der Waals surface area contributed by atoms with Gasteiger partial charge >= 0.3 is 0 Å². The topological polar surface area (TPSA) is 80.1 Å². The molecule has 1 fully saturated rings. The second-order valence-electron chi connectivity index (χ2n) is 6.34. The number of aryl methyl sites for hydroxylation is 1. The van der Waals surface area contributed by atoms with Crippen molar-refractivity contribution >= 4 is 11.8 Å². The molecule has 0 aromatic carbocycles. The zero-order chi connectivity index (χ0) is 15.7. The van der Waals surface area contributed by atoms with Crippen LogP contribution in [0.2, 0.25) is 0 Å². The third-order valence-corrected chi connectivity index (χ3v) is 4.60. The highest BCUT2D eigenvalue weighted by Gasteiger charge is 2.33. The minimum Gasteiger partial charge on any atom is -0.346 e. The Morgan fingerprint density at radius 3 is 2.86 bits per heavy atom. The van der Waals surface area contributed by atoms with Crippen molar-refractivity contribution in [1.29, 1.82) is 0 Å². The Hall–Kier alpha value is -1.92. The Kier molecular flexibility index (Phi) is 4.13. The van der Waals surface area contributed by atoms with Crippen LogP contribution in [-0.2, 0) is 22.6 Å². The van der Waals surface area contributed by atoms with Crippen LogP contribution in [0.5, 0.6) is 0 Å². The van der Waals surface area contributed by atoms with Gasteiger partial charge in [0.25, 0.3) is 0 Å². The molecular weight excluding hydrogens is 282 g/mol. The van der Waals surface area contributed by atoms with Gasteiger partial charge in [-0.15, -0.1) is 10.2 Å². The molecule has 0 spiro atoms. The second kappa shape index (κ2) is 6.06. The van der Waals surface area contributed by atoms with E-state index in [1.165, 1.54) is 6.42 Å². The van der Waals surface area contributed by atoms with Gasteiger partial charge in [-0.25, -0.2) is 0 Å². The average Bonchev–Trinajstić information content (AvgIpc) is 2.95. The Labute approximate surface area is 130 Å². The maximum absolute atomic E-state index is 12.3. The lowest BCUT2D eigenvalue weighted by Gasteiger charge is -2.17. The fraction of sp³-hybridized carbons (Fsp3) is 0.733. The van der Waals surface area contributed by atoms with Gasteiger partial charge in [-0.3, -0.25) is 9.59 Å². The van der Waals surface area contributed by atoms with Gasteiger partial charge in [0, 0.05) is 33.0 Å². The molecule has 1 aromatic heterocycles. The summed E-state index contributed by atoms with van der Waals surface area (Å²) in [5.41, 5.74) is 0. The number of hydrogen-bond donors (Lipinski definition) is 1. The van der Waals surface area contributed by atoms with Gasteiger partial charge in [0.2, 0.25) is 11.8 Å². The summed E-state index contributed by atoms with van der Waals surface area (Å²) in [6.45, 7) is 3.35. The Balaban J connectivity index is 1.67. The van der Waals surface area contributed by atoms with Crippen LogP contribution in [0.4, 0.5) is 0 Å². The van der Waals surface area contributed by atoms with Gasteiger partial charge in [-0.2, -0.15) is 0 Å². The first-order valence-electron chi connectivity index (χ1n) is 8.02. The van der Waals surface area contributed by atoms with E-state index in [-0.39, 0.29) is 23.8 Å². The number of carbonyl (C=O) groups excluding carboxylic acids is 2. The molecule has 2 aliphatic heterocycles. The molecule has 22 heavy (non-hydrogen) atoms. The fourth-order valence-corrected chi connectivity index (χ4v) is 3.26. The first-order valence-corrected chi connectivity index (χ1v) is 8.02. The van der Waals surface area contributed by atoms with E-state index < -0.39 is 0 Å². The molecule has 2 amide bonds. The summed E-state index contributed by atoms with van der Waals surface area (Å²) in [5.74, 6) is 1.54. The Bertz CT molecular complexity index is 582. The second-order valence-corrected chi connectivity index (χ2v) is 6.34. The van der Waals surface area contributed by atoms with Crippen molar-refractivity contribution in [3.05, 3.63) is 11.6 Å². The minimum absolute atomic E-state index is 0.0316. The van der Waals surface area contributed by atoms with Crippen LogP contribution in [0, 0.1) is 5.92 Å². The van der Waals surface area contributed by atoms with Gasteiger partial charge < -0.3 is 14.8 Å². The molecule has 0 bridgehead atoms. The van der Waals surface area contributed by atoms with E-state index >= 15 is 0 Å². The molecule has 2 atom stereocenters. The molecule has 7 heteroatoms. The highest BCUT2D eigenvalue weighted by atomic mass is 16.2. The van der Waals surface area contributed by atoms with Crippen molar-refractivity contribution in [2.24, 2.45) is 5.92 Å². The summed E-state index contributed by atoms with van der Waals surface area (Å²) in [6.07, 6.45) is 4.73. The van der Waals surface area contributed by atoms with E-state index in [4.69, 9.17) is 0 Å². The minimum atomic E-state index is -0.258. The molecule has 0 radical (unpaired) electrons. The highest BCUT2D eigenvalue weighted by Crippen LogP contribution is 2.21. The van der Waals surface area contributed by atoms with E-state index in [2.05, 4.69) is 20.1 Å². The molecule has 120 valence electrons. The number of hydrogen-bond acceptors (Lipinski definition) is 4. The summed E-state index contributed by atoms with van der Waals surface area (Å²) in [4.78, 5) is 25.5. The zero-order valence-electron chi connectivity index (χ0n) is 13.2. The van der Waals surface area contributed by atoms with Crippen molar-refractivity contribution in [2.75, 3.05) is 13.6 Å². The molecule has 1 N–H and O–H groups in total.